The summed E-state index contributed by atoms with van der Waals surface area (Å²) in [5, 5.41) is 4.46. The predicted octanol–water partition coefficient (Wildman–Crippen LogP) is 3.33. The van der Waals surface area contributed by atoms with E-state index in [4.69, 9.17) is 11.6 Å². The number of fused-ring (bicyclic) bond motifs is 1. The van der Waals surface area contributed by atoms with Crippen LogP contribution < -0.4 is 0 Å². The molecule has 0 spiro atoms. The molecule has 0 aliphatic carbocycles. The van der Waals surface area contributed by atoms with Crippen molar-refractivity contribution in [3.8, 4) is 0 Å². The summed E-state index contributed by atoms with van der Waals surface area (Å²) in [5.74, 6) is 1.17. The maximum absolute atomic E-state index is 6.05. The standard InChI is InChI=1S/C14H15BrClN5/c1-8-11(9(2)20(3)19-8)7-21-13(5-16)18-12-4-10(15)6-17-14(12)21/h4,6H,5,7H2,1-3H3. The van der Waals surface area contributed by atoms with Crippen LogP contribution >= 0.6 is 27.5 Å². The SMILES string of the molecule is Cc1nn(C)c(C)c1Cn1c(CCl)nc2cc(Br)cnc21. The molecule has 0 aliphatic rings. The van der Waals surface area contributed by atoms with Gasteiger partial charge in [0.1, 0.15) is 11.3 Å². The molecular weight excluding hydrogens is 354 g/mol. The molecule has 5 nitrogen and oxygen atoms in total. The highest BCUT2D eigenvalue weighted by molar-refractivity contribution is 9.10. The lowest BCUT2D eigenvalue weighted by molar-refractivity contribution is 0.725. The van der Waals surface area contributed by atoms with Gasteiger partial charge in [0.05, 0.1) is 18.1 Å². The van der Waals surface area contributed by atoms with Gasteiger partial charge in [-0.25, -0.2) is 9.97 Å². The zero-order chi connectivity index (χ0) is 15.1. The quantitative estimate of drug-likeness (QED) is 0.666. The van der Waals surface area contributed by atoms with E-state index in [0.717, 1.165) is 32.8 Å². The molecule has 3 heterocycles. The van der Waals surface area contributed by atoms with Gasteiger partial charge in [-0.15, -0.1) is 11.6 Å². The zero-order valence-electron chi connectivity index (χ0n) is 12.1. The number of rotatable bonds is 3. The van der Waals surface area contributed by atoms with Gasteiger partial charge >= 0.3 is 0 Å². The molecule has 0 aliphatic heterocycles. The van der Waals surface area contributed by atoms with Crippen LogP contribution in [0.1, 0.15) is 22.8 Å². The van der Waals surface area contributed by atoms with Crippen molar-refractivity contribution < 1.29 is 0 Å². The van der Waals surface area contributed by atoms with E-state index < -0.39 is 0 Å². The summed E-state index contributed by atoms with van der Waals surface area (Å²) in [7, 11) is 1.95. The van der Waals surface area contributed by atoms with E-state index in [1.54, 1.807) is 6.20 Å². The maximum Gasteiger partial charge on any atom is 0.160 e. The Morgan fingerprint density at radius 3 is 2.71 bits per heavy atom. The smallest absolute Gasteiger partial charge is 0.160 e. The van der Waals surface area contributed by atoms with Crippen LogP contribution in [0.5, 0.6) is 0 Å². The molecule has 0 saturated carbocycles. The lowest BCUT2D eigenvalue weighted by atomic mass is 10.2. The minimum Gasteiger partial charge on any atom is -0.307 e. The highest BCUT2D eigenvalue weighted by atomic mass is 79.9. The van der Waals surface area contributed by atoms with E-state index in [1.807, 2.05) is 24.7 Å². The second kappa shape index (κ2) is 5.42. The first-order chi connectivity index (χ1) is 10.0. The Balaban J connectivity index is 2.15. The molecule has 110 valence electrons. The fraction of sp³-hybridized carbons (Fsp3) is 0.357. The summed E-state index contributed by atoms with van der Waals surface area (Å²) >= 11 is 9.47. The summed E-state index contributed by atoms with van der Waals surface area (Å²) in [5.41, 5.74) is 5.05. The summed E-state index contributed by atoms with van der Waals surface area (Å²) in [4.78, 5) is 9.04. The summed E-state index contributed by atoms with van der Waals surface area (Å²) in [6.07, 6.45) is 1.78. The Kier molecular flexibility index (Phi) is 3.75. The Labute approximate surface area is 136 Å². The second-order valence-corrected chi connectivity index (χ2v) is 6.20. The highest BCUT2D eigenvalue weighted by Crippen LogP contribution is 2.22. The molecule has 0 atom stereocenters. The third-order valence-electron chi connectivity index (χ3n) is 3.73. The molecule has 0 N–H and O–H groups in total. The Morgan fingerprint density at radius 2 is 2.10 bits per heavy atom. The average molecular weight is 369 g/mol. The molecule has 0 fully saturated rings. The third kappa shape index (κ3) is 2.46. The Hall–Kier alpha value is -1.40. The summed E-state index contributed by atoms with van der Waals surface area (Å²) < 4.78 is 4.87. The molecular formula is C14H15BrClN5. The van der Waals surface area contributed by atoms with Crippen molar-refractivity contribution in [2.24, 2.45) is 7.05 Å². The number of aromatic nitrogens is 5. The van der Waals surface area contributed by atoms with Gasteiger partial charge in [0.25, 0.3) is 0 Å². The molecule has 3 aromatic rings. The van der Waals surface area contributed by atoms with Crippen molar-refractivity contribution in [3.05, 3.63) is 39.5 Å². The fourth-order valence-corrected chi connectivity index (χ4v) is 3.03. The topological polar surface area (TPSA) is 48.5 Å². The molecule has 0 unspecified atom stereocenters. The largest absolute Gasteiger partial charge is 0.307 e. The summed E-state index contributed by atoms with van der Waals surface area (Å²) in [6, 6.07) is 1.96. The Bertz CT molecular complexity index is 820. The van der Waals surface area contributed by atoms with Crippen LogP contribution in [0.15, 0.2) is 16.7 Å². The lowest BCUT2D eigenvalue weighted by Crippen LogP contribution is -2.06. The van der Waals surface area contributed by atoms with E-state index in [0.29, 0.717) is 12.4 Å². The first-order valence-corrected chi connectivity index (χ1v) is 7.89. The van der Waals surface area contributed by atoms with Crippen LogP contribution in [0.4, 0.5) is 0 Å². The average Bonchev–Trinajstić information content (AvgIpc) is 2.91. The van der Waals surface area contributed by atoms with Crippen molar-refractivity contribution in [1.29, 1.82) is 0 Å². The minimum atomic E-state index is 0.354. The van der Waals surface area contributed by atoms with Crippen LogP contribution in [-0.4, -0.2) is 24.3 Å². The van der Waals surface area contributed by atoms with Crippen molar-refractivity contribution in [1.82, 2.24) is 24.3 Å². The monoisotopic (exact) mass is 367 g/mol. The van der Waals surface area contributed by atoms with Crippen LogP contribution in [0.2, 0.25) is 0 Å². The van der Waals surface area contributed by atoms with Crippen LogP contribution in [0, 0.1) is 13.8 Å². The first kappa shape index (κ1) is 14.5. The van der Waals surface area contributed by atoms with E-state index >= 15 is 0 Å². The van der Waals surface area contributed by atoms with Crippen molar-refractivity contribution in [2.45, 2.75) is 26.3 Å². The van der Waals surface area contributed by atoms with Gasteiger partial charge in [-0.2, -0.15) is 5.10 Å². The molecule has 0 radical (unpaired) electrons. The van der Waals surface area contributed by atoms with E-state index in [9.17, 15) is 0 Å². The van der Waals surface area contributed by atoms with E-state index in [1.165, 1.54) is 5.56 Å². The van der Waals surface area contributed by atoms with Crippen molar-refractivity contribution in [2.75, 3.05) is 0 Å². The number of halogens is 2. The van der Waals surface area contributed by atoms with Crippen LogP contribution in [0.3, 0.4) is 0 Å². The number of alkyl halides is 1. The van der Waals surface area contributed by atoms with Gasteiger partial charge < -0.3 is 4.57 Å². The number of imidazole rings is 1. The Morgan fingerprint density at radius 1 is 1.33 bits per heavy atom. The summed E-state index contributed by atoms with van der Waals surface area (Å²) in [6.45, 7) is 4.77. The van der Waals surface area contributed by atoms with Crippen molar-refractivity contribution >= 4 is 38.7 Å². The van der Waals surface area contributed by atoms with Gasteiger partial charge in [-0.3, -0.25) is 4.68 Å². The lowest BCUT2D eigenvalue weighted by Gasteiger charge is -2.08. The third-order valence-corrected chi connectivity index (χ3v) is 4.40. The van der Waals surface area contributed by atoms with Crippen LogP contribution in [0.25, 0.3) is 11.2 Å². The van der Waals surface area contributed by atoms with Gasteiger partial charge in [0.2, 0.25) is 0 Å². The highest BCUT2D eigenvalue weighted by Gasteiger charge is 2.16. The minimum absolute atomic E-state index is 0.354. The van der Waals surface area contributed by atoms with Gasteiger partial charge in [0, 0.05) is 29.0 Å². The van der Waals surface area contributed by atoms with Crippen LogP contribution in [-0.2, 0) is 19.5 Å². The maximum atomic E-state index is 6.05. The van der Waals surface area contributed by atoms with Crippen molar-refractivity contribution in [3.63, 3.8) is 0 Å². The number of aryl methyl sites for hydroxylation is 2. The van der Waals surface area contributed by atoms with E-state index in [-0.39, 0.29) is 0 Å². The normalized spacial score (nSPS) is 11.5. The number of hydrogen-bond acceptors (Lipinski definition) is 3. The van der Waals surface area contributed by atoms with Gasteiger partial charge in [-0.1, -0.05) is 0 Å². The molecule has 0 saturated heterocycles. The molecule has 0 bridgehead atoms. The van der Waals surface area contributed by atoms with Gasteiger partial charge in [-0.05, 0) is 35.8 Å². The first-order valence-electron chi connectivity index (χ1n) is 6.57. The molecule has 3 aromatic heterocycles. The second-order valence-electron chi connectivity index (χ2n) is 5.02. The number of hydrogen-bond donors (Lipinski definition) is 0. The zero-order valence-corrected chi connectivity index (χ0v) is 14.4. The number of nitrogens with zero attached hydrogens (tertiary/aromatic N) is 5. The van der Waals surface area contributed by atoms with Gasteiger partial charge in [0.15, 0.2) is 5.65 Å². The molecule has 0 amide bonds. The van der Waals surface area contributed by atoms with E-state index in [2.05, 4.69) is 42.5 Å². The fourth-order valence-electron chi connectivity index (χ4n) is 2.51. The molecule has 7 heteroatoms. The molecule has 21 heavy (non-hydrogen) atoms. The molecule has 3 rings (SSSR count). The predicted molar refractivity (Wildman–Crippen MR) is 86.6 cm³/mol. The number of pyridine rings is 1. The molecule has 0 aromatic carbocycles.